The van der Waals surface area contributed by atoms with Crippen LogP contribution in [0.3, 0.4) is 0 Å². The topological polar surface area (TPSA) is 60.2 Å². The van der Waals surface area contributed by atoms with Gasteiger partial charge in [0.15, 0.2) is 0 Å². The second kappa shape index (κ2) is 9.49. The molecule has 1 N–H and O–H groups in total. The van der Waals surface area contributed by atoms with Gasteiger partial charge in [-0.15, -0.1) is 0 Å². The number of pyridine rings is 1. The number of aromatic hydroxyl groups is 1. The molecule has 0 radical (unpaired) electrons. The Hall–Kier alpha value is -2.58. The summed E-state index contributed by atoms with van der Waals surface area (Å²) in [6.45, 7) is 7.73. The van der Waals surface area contributed by atoms with Gasteiger partial charge < -0.3 is 14.4 Å². The summed E-state index contributed by atoms with van der Waals surface area (Å²) in [5.41, 5.74) is 2.68. The highest BCUT2D eigenvalue weighted by Gasteiger charge is 2.16. The number of halogens is 2. The zero-order chi connectivity index (χ0) is 21.7. The van der Waals surface area contributed by atoms with Gasteiger partial charge >= 0.3 is 0 Å². The summed E-state index contributed by atoms with van der Waals surface area (Å²) >= 11 is 0. The average Bonchev–Trinajstić information content (AvgIpc) is 3.07. The van der Waals surface area contributed by atoms with Gasteiger partial charge in [0.1, 0.15) is 18.3 Å². The molecule has 30 heavy (non-hydrogen) atoms. The first-order chi connectivity index (χ1) is 14.2. The number of phenols is 1. The van der Waals surface area contributed by atoms with Gasteiger partial charge in [-0.05, 0) is 42.4 Å². The molecule has 2 aromatic heterocycles. The Balaban J connectivity index is 1.80. The predicted molar refractivity (Wildman–Crippen MR) is 116 cm³/mol. The molecule has 8 heteroatoms. The third kappa shape index (κ3) is 6.21. The van der Waals surface area contributed by atoms with Gasteiger partial charge in [-0.25, -0.2) is 13.8 Å². The smallest absolute Gasteiger partial charge is 0.244 e. The van der Waals surface area contributed by atoms with E-state index in [-0.39, 0.29) is 12.5 Å². The number of hydrogen-bond donors (Lipinski definition) is 1. The maximum atomic E-state index is 12.9. The number of hydrogen-bond acceptors (Lipinski definition) is 4. The van der Waals surface area contributed by atoms with Crippen molar-refractivity contribution in [2.75, 3.05) is 6.61 Å². The molecular weight excluding hydrogens is 404 g/mol. The van der Waals surface area contributed by atoms with E-state index in [1.165, 1.54) is 0 Å². The molecular formula is C22H27F2N3O2Si. The average molecular weight is 432 g/mol. The van der Waals surface area contributed by atoms with Gasteiger partial charge in [0.2, 0.25) is 6.43 Å². The van der Waals surface area contributed by atoms with Gasteiger partial charge in [0, 0.05) is 38.2 Å². The largest absolute Gasteiger partial charge is 0.508 e. The van der Waals surface area contributed by atoms with Crippen molar-refractivity contribution in [3.8, 4) is 28.4 Å². The van der Waals surface area contributed by atoms with Crippen LogP contribution in [0.5, 0.6) is 5.75 Å². The van der Waals surface area contributed by atoms with Crippen LogP contribution in [0.4, 0.5) is 8.78 Å². The van der Waals surface area contributed by atoms with Crippen LogP contribution in [-0.4, -0.2) is 40.7 Å². The van der Waals surface area contributed by atoms with Gasteiger partial charge in [-0.2, -0.15) is 0 Å². The van der Waals surface area contributed by atoms with E-state index in [4.69, 9.17) is 4.74 Å². The molecule has 160 valence electrons. The molecule has 3 rings (SSSR count). The monoisotopic (exact) mass is 431 g/mol. The van der Waals surface area contributed by atoms with E-state index < -0.39 is 20.9 Å². The molecule has 0 aliphatic carbocycles. The fourth-order valence-corrected chi connectivity index (χ4v) is 3.68. The van der Waals surface area contributed by atoms with Crippen molar-refractivity contribution >= 4 is 8.07 Å². The molecule has 0 fully saturated rings. The number of imidazole rings is 1. The second-order valence-corrected chi connectivity index (χ2v) is 14.1. The zero-order valence-corrected chi connectivity index (χ0v) is 18.5. The van der Waals surface area contributed by atoms with Crippen LogP contribution >= 0.6 is 0 Å². The van der Waals surface area contributed by atoms with Crippen molar-refractivity contribution in [2.24, 2.45) is 0 Å². The second-order valence-electron chi connectivity index (χ2n) is 8.45. The summed E-state index contributed by atoms with van der Waals surface area (Å²) in [6.07, 6.45) is 0.455. The normalized spacial score (nSPS) is 11.9. The minimum atomic E-state index is -2.45. The Morgan fingerprint density at radius 3 is 2.37 bits per heavy atom. The molecule has 0 saturated heterocycles. The molecule has 1 aromatic carbocycles. The van der Waals surface area contributed by atoms with Crippen LogP contribution in [0.25, 0.3) is 22.6 Å². The molecule has 0 unspecified atom stereocenters. The molecule has 0 spiro atoms. The summed E-state index contributed by atoms with van der Waals surface area (Å²) < 4.78 is 33.3. The summed E-state index contributed by atoms with van der Waals surface area (Å²) in [5, 5.41) is 9.43. The highest BCUT2D eigenvalue weighted by molar-refractivity contribution is 6.76. The lowest BCUT2D eigenvalue weighted by molar-refractivity contribution is 0.0881. The van der Waals surface area contributed by atoms with Gasteiger partial charge in [0.25, 0.3) is 0 Å². The van der Waals surface area contributed by atoms with Crippen LogP contribution in [0.15, 0.2) is 48.8 Å². The van der Waals surface area contributed by atoms with Crippen LogP contribution in [0.2, 0.25) is 25.7 Å². The summed E-state index contributed by atoms with van der Waals surface area (Å²) in [5.74, 6) is 0.751. The Morgan fingerprint density at radius 1 is 1.07 bits per heavy atom. The van der Waals surface area contributed by atoms with Crippen LogP contribution in [0.1, 0.15) is 5.69 Å². The molecule has 5 nitrogen and oxygen atoms in total. The molecule has 0 amide bonds. The maximum Gasteiger partial charge on any atom is 0.244 e. The lowest BCUT2D eigenvalue weighted by Crippen LogP contribution is -2.22. The van der Waals surface area contributed by atoms with Crippen molar-refractivity contribution in [3.05, 3.63) is 54.5 Å². The van der Waals surface area contributed by atoms with Crippen LogP contribution < -0.4 is 0 Å². The molecule has 0 aliphatic heterocycles. The van der Waals surface area contributed by atoms with E-state index in [9.17, 15) is 13.9 Å². The maximum absolute atomic E-state index is 12.9. The summed E-state index contributed by atoms with van der Waals surface area (Å²) in [6, 6.07) is 11.5. The van der Waals surface area contributed by atoms with Crippen LogP contribution in [0, 0.1) is 0 Å². The number of benzene rings is 1. The molecule has 2 heterocycles. The fourth-order valence-electron chi connectivity index (χ4n) is 2.93. The van der Waals surface area contributed by atoms with Crippen molar-refractivity contribution < 1.29 is 18.6 Å². The van der Waals surface area contributed by atoms with Crippen molar-refractivity contribution in [1.29, 1.82) is 0 Å². The summed E-state index contributed by atoms with van der Waals surface area (Å²) in [4.78, 5) is 8.88. The number of aromatic nitrogens is 3. The highest BCUT2D eigenvalue weighted by Crippen LogP contribution is 2.24. The van der Waals surface area contributed by atoms with E-state index in [1.54, 1.807) is 41.2 Å². The number of alkyl halides is 2. The van der Waals surface area contributed by atoms with Crippen molar-refractivity contribution in [3.63, 3.8) is 0 Å². The van der Waals surface area contributed by atoms with Gasteiger partial charge in [-0.1, -0.05) is 19.6 Å². The third-order valence-corrected chi connectivity index (χ3v) is 6.31. The van der Waals surface area contributed by atoms with Gasteiger partial charge in [-0.3, -0.25) is 4.98 Å². The van der Waals surface area contributed by atoms with Crippen molar-refractivity contribution in [2.45, 2.75) is 45.3 Å². The van der Waals surface area contributed by atoms with Gasteiger partial charge in [0.05, 0.1) is 17.8 Å². The number of phenolic OH excluding ortho intramolecular Hbond substituents is 1. The quantitative estimate of drug-likeness (QED) is 0.362. The Kier molecular flexibility index (Phi) is 6.99. The first-order valence-corrected chi connectivity index (χ1v) is 13.6. The number of rotatable bonds is 9. The SMILES string of the molecule is C[Si](C)(C)CCOCn1cc(CC(F)F)nc1-c1ccc(-c2ccc(O)cc2)nc1. The predicted octanol–water partition coefficient (Wildman–Crippen LogP) is 5.44. The number of ether oxygens (including phenoxy) is 1. The molecule has 3 aromatic rings. The van der Waals surface area contributed by atoms with E-state index in [2.05, 4.69) is 29.6 Å². The lowest BCUT2D eigenvalue weighted by Gasteiger charge is -2.16. The fraction of sp³-hybridized carbons (Fsp3) is 0.364. The number of nitrogens with zero attached hydrogens (tertiary/aromatic N) is 3. The van der Waals surface area contributed by atoms with E-state index in [0.717, 1.165) is 22.9 Å². The molecule has 0 atom stereocenters. The molecule has 0 saturated carbocycles. The standard InChI is InChI=1S/C22H27F2N3O2Si/c1-30(2,3)11-10-29-15-27-14-18(12-21(23)24)26-22(27)17-6-9-20(25-13-17)16-4-7-19(28)8-5-16/h4-9,13-14,21,28H,10-12,15H2,1-3H3. The summed E-state index contributed by atoms with van der Waals surface area (Å²) in [7, 11) is -1.21. The Bertz CT molecular complexity index is 952. The van der Waals surface area contributed by atoms with Crippen LogP contribution in [-0.2, 0) is 17.9 Å². The first-order valence-electron chi connectivity index (χ1n) is 9.89. The van der Waals surface area contributed by atoms with Crippen molar-refractivity contribution in [1.82, 2.24) is 14.5 Å². The third-order valence-electron chi connectivity index (χ3n) is 4.60. The minimum absolute atomic E-state index is 0.193. The molecule has 0 aliphatic rings. The highest BCUT2D eigenvalue weighted by atomic mass is 28.3. The minimum Gasteiger partial charge on any atom is -0.508 e. The first kappa shape index (κ1) is 22.1. The van der Waals surface area contributed by atoms with E-state index in [0.29, 0.717) is 18.1 Å². The Labute approximate surface area is 176 Å². The zero-order valence-electron chi connectivity index (χ0n) is 17.5. The lowest BCUT2D eigenvalue weighted by atomic mass is 10.1. The molecule has 0 bridgehead atoms. The van der Waals surface area contributed by atoms with E-state index >= 15 is 0 Å². The van der Waals surface area contributed by atoms with E-state index in [1.807, 2.05) is 12.1 Å². The Morgan fingerprint density at radius 2 is 1.77 bits per heavy atom.